The van der Waals surface area contributed by atoms with Crippen LogP contribution in [0.3, 0.4) is 0 Å². The molecular weight excluding hydrogens is 648 g/mol. The summed E-state index contributed by atoms with van der Waals surface area (Å²) >= 11 is 0. The molecule has 6 N–H and O–H groups in total. The van der Waals surface area contributed by atoms with Crippen molar-refractivity contribution in [3.63, 3.8) is 0 Å². The number of fused-ring (bicyclic) bond motifs is 7. The van der Waals surface area contributed by atoms with Gasteiger partial charge in [0, 0.05) is 12.3 Å². The topological polar surface area (TPSA) is 177 Å². The van der Waals surface area contributed by atoms with E-state index in [2.05, 4.69) is 33.8 Å². The summed E-state index contributed by atoms with van der Waals surface area (Å²) < 4.78 is 36.7. The van der Waals surface area contributed by atoms with Gasteiger partial charge < -0.3 is 59.1 Å². The maximum absolute atomic E-state index is 10.8. The maximum Gasteiger partial charge on any atom is 0.186 e. The van der Waals surface area contributed by atoms with Crippen molar-refractivity contribution in [2.24, 2.45) is 46.3 Å². The van der Waals surface area contributed by atoms with Gasteiger partial charge in [0.05, 0.1) is 32.0 Å². The summed E-state index contributed by atoms with van der Waals surface area (Å²) in [6.45, 7) is 9.95. The minimum absolute atomic E-state index is 0.0786. The summed E-state index contributed by atoms with van der Waals surface area (Å²) in [4.78, 5) is 0. The highest BCUT2D eigenvalue weighted by molar-refractivity contribution is 5.26. The molecule has 0 amide bonds. The fourth-order valence-electron chi connectivity index (χ4n) is 12.2. The molecule has 0 bridgehead atoms. The van der Waals surface area contributed by atoms with E-state index in [0.29, 0.717) is 35.5 Å². The molecule has 0 aromatic rings. The van der Waals surface area contributed by atoms with Crippen LogP contribution in [-0.2, 0) is 28.4 Å². The van der Waals surface area contributed by atoms with E-state index in [-0.39, 0.29) is 36.3 Å². The van der Waals surface area contributed by atoms with Gasteiger partial charge in [0.15, 0.2) is 18.4 Å². The highest BCUT2D eigenvalue weighted by Gasteiger charge is 2.68. The monoisotopic (exact) mass is 708 g/mol. The second-order valence-corrected chi connectivity index (χ2v) is 17.9. The molecule has 3 saturated carbocycles. The van der Waals surface area contributed by atoms with Gasteiger partial charge in [0.1, 0.15) is 42.7 Å². The van der Waals surface area contributed by atoms with Crippen LogP contribution in [0.4, 0.5) is 0 Å². The van der Waals surface area contributed by atoms with Crippen molar-refractivity contribution >= 4 is 0 Å². The van der Waals surface area contributed by atoms with Crippen LogP contribution in [0.5, 0.6) is 0 Å². The molecule has 4 saturated heterocycles. The lowest BCUT2D eigenvalue weighted by Crippen LogP contribution is -2.61. The SMILES string of the molecule is C[C@@H]1CC[C@@]2(OC1)O[C@H]1C[C@H]3[C@@H]4CC=C5C[C@@H](O[C@@H]6O[C@H](CO[C@H]7OC[C@H](O)[C@@H](O)[C@@H]7O)[C@@H](O)[C@H](O)[C@H]6O)CC[C@]5(C)[C@H]4CC[C@]3(C)[C@H]1[C@@H]2C. The van der Waals surface area contributed by atoms with Crippen molar-refractivity contribution in [3.05, 3.63) is 11.6 Å². The van der Waals surface area contributed by atoms with E-state index in [1.165, 1.54) is 24.8 Å². The van der Waals surface area contributed by atoms with Gasteiger partial charge in [-0.15, -0.1) is 0 Å². The van der Waals surface area contributed by atoms with Gasteiger partial charge in [-0.2, -0.15) is 0 Å². The van der Waals surface area contributed by atoms with E-state index in [1.54, 1.807) is 0 Å². The van der Waals surface area contributed by atoms with Gasteiger partial charge in [-0.25, -0.2) is 0 Å². The van der Waals surface area contributed by atoms with Gasteiger partial charge in [-0.3, -0.25) is 0 Å². The van der Waals surface area contributed by atoms with Crippen LogP contribution in [0.15, 0.2) is 11.6 Å². The van der Waals surface area contributed by atoms with Gasteiger partial charge in [-0.05, 0) is 91.8 Å². The molecule has 284 valence electrons. The van der Waals surface area contributed by atoms with Gasteiger partial charge in [-0.1, -0.05) is 39.3 Å². The van der Waals surface area contributed by atoms with E-state index in [1.807, 2.05) is 0 Å². The smallest absolute Gasteiger partial charge is 0.186 e. The van der Waals surface area contributed by atoms with Crippen LogP contribution in [-0.4, -0.2) is 124 Å². The molecule has 50 heavy (non-hydrogen) atoms. The summed E-state index contributed by atoms with van der Waals surface area (Å²) in [7, 11) is 0. The Morgan fingerprint density at radius 3 is 2.38 bits per heavy atom. The van der Waals surface area contributed by atoms with E-state index in [9.17, 15) is 30.6 Å². The Hall–Kier alpha value is -0.740. The highest BCUT2D eigenvalue weighted by Crippen LogP contribution is 2.70. The summed E-state index contributed by atoms with van der Waals surface area (Å²) in [5.41, 5.74) is 1.75. The number of ether oxygens (including phenoxy) is 6. The molecule has 12 nitrogen and oxygen atoms in total. The van der Waals surface area contributed by atoms with Crippen LogP contribution < -0.4 is 0 Å². The molecule has 0 aromatic heterocycles. The number of aliphatic hydroxyl groups is 6. The predicted octanol–water partition coefficient (Wildman–Crippen LogP) is 2.00. The van der Waals surface area contributed by atoms with E-state index in [0.717, 1.165) is 45.1 Å². The molecule has 4 aliphatic heterocycles. The molecule has 7 fully saturated rings. The predicted molar refractivity (Wildman–Crippen MR) is 177 cm³/mol. The number of aliphatic hydroxyl groups excluding tert-OH is 6. The van der Waals surface area contributed by atoms with Gasteiger partial charge in [0.2, 0.25) is 0 Å². The summed E-state index contributed by atoms with van der Waals surface area (Å²) in [6, 6.07) is 0. The quantitative estimate of drug-likeness (QED) is 0.230. The summed E-state index contributed by atoms with van der Waals surface area (Å²) in [6.07, 6.45) is -0.382. The Kier molecular flexibility index (Phi) is 9.59. The van der Waals surface area contributed by atoms with Gasteiger partial charge in [0.25, 0.3) is 0 Å². The van der Waals surface area contributed by atoms with Crippen LogP contribution in [0.2, 0.25) is 0 Å². The van der Waals surface area contributed by atoms with Crippen molar-refractivity contribution in [3.8, 4) is 0 Å². The Bertz CT molecular complexity index is 1270. The molecule has 20 atom stereocenters. The summed E-state index contributed by atoms with van der Waals surface area (Å²) in [5.74, 6) is 3.00. The first-order valence-electron chi connectivity index (χ1n) is 19.4. The van der Waals surface area contributed by atoms with Gasteiger partial charge >= 0.3 is 0 Å². The number of hydrogen-bond donors (Lipinski definition) is 6. The van der Waals surface area contributed by atoms with E-state index >= 15 is 0 Å². The fraction of sp³-hybridized carbons (Fsp3) is 0.947. The Balaban J connectivity index is 0.910. The fourth-order valence-corrected chi connectivity index (χ4v) is 12.2. The van der Waals surface area contributed by atoms with Crippen LogP contribution in [0.25, 0.3) is 0 Å². The zero-order valence-electron chi connectivity index (χ0n) is 30.0. The number of rotatable bonds is 5. The first-order chi connectivity index (χ1) is 23.8. The molecule has 4 heterocycles. The Morgan fingerprint density at radius 1 is 0.840 bits per heavy atom. The van der Waals surface area contributed by atoms with Crippen LogP contribution >= 0.6 is 0 Å². The lowest BCUT2D eigenvalue weighted by molar-refractivity contribution is -0.328. The lowest BCUT2D eigenvalue weighted by atomic mass is 9.47. The highest BCUT2D eigenvalue weighted by atomic mass is 16.7. The number of allylic oxidation sites excluding steroid dienone is 1. The largest absolute Gasteiger partial charge is 0.388 e. The molecule has 12 heteroatoms. The molecule has 1 spiro atoms. The zero-order chi connectivity index (χ0) is 35.3. The van der Waals surface area contributed by atoms with E-state index < -0.39 is 61.1 Å². The maximum atomic E-state index is 10.8. The van der Waals surface area contributed by atoms with Crippen molar-refractivity contribution in [1.82, 2.24) is 0 Å². The average molecular weight is 709 g/mol. The normalized spacial score (nSPS) is 57.8. The van der Waals surface area contributed by atoms with Crippen molar-refractivity contribution in [2.45, 2.75) is 159 Å². The van der Waals surface area contributed by atoms with Crippen LogP contribution in [0, 0.1) is 46.3 Å². The van der Waals surface area contributed by atoms with Crippen molar-refractivity contribution < 1.29 is 59.1 Å². The first kappa shape index (κ1) is 36.2. The zero-order valence-corrected chi connectivity index (χ0v) is 30.0. The first-order valence-corrected chi connectivity index (χ1v) is 19.4. The number of hydrogen-bond acceptors (Lipinski definition) is 12. The third-order valence-electron chi connectivity index (χ3n) is 15.2. The second-order valence-electron chi connectivity index (χ2n) is 17.9. The second kappa shape index (κ2) is 13.2. The molecular formula is C38H60O12. The van der Waals surface area contributed by atoms with Crippen molar-refractivity contribution in [1.29, 1.82) is 0 Å². The molecule has 8 rings (SSSR count). The third-order valence-corrected chi connectivity index (χ3v) is 15.2. The van der Waals surface area contributed by atoms with E-state index in [4.69, 9.17) is 28.4 Å². The van der Waals surface area contributed by atoms with Crippen LogP contribution in [0.1, 0.15) is 85.5 Å². The Labute approximate surface area is 295 Å². The third kappa shape index (κ3) is 5.70. The Morgan fingerprint density at radius 2 is 1.62 bits per heavy atom. The molecule has 8 aliphatic rings. The molecule has 4 aliphatic carbocycles. The molecule has 0 unspecified atom stereocenters. The standard InChI is InChI=1S/C38H60O12/c1-18-7-12-38(47-15-18)19(2)28-26(50-38)14-24-22-6-5-20-13-21(8-10-36(20,3)23(22)9-11-37(24,28)4)48-35-33(44)31(42)30(41)27(49-35)17-46-34-32(43)29(40)25(39)16-45-34/h5,18-19,21-35,39-44H,6-17H2,1-4H3/t18-,19+,21+,22-,23+,24+,25+,26+,27-,28+,29-,30-,31+,32+,33-,34-,35-,36+,37+,38-/m1/s1. The molecule has 0 aromatic carbocycles. The minimum atomic E-state index is -1.53. The van der Waals surface area contributed by atoms with Crippen molar-refractivity contribution in [2.75, 3.05) is 19.8 Å². The summed E-state index contributed by atoms with van der Waals surface area (Å²) in [5, 5.41) is 62.1. The average Bonchev–Trinajstić information content (AvgIpc) is 3.54. The molecule has 0 radical (unpaired) electrons. The minimum Gasteiger partial charge on any atom is -0.388 e. The lowest BCUT2D eigenvalue weighted by Gasteiger charge is -2.58.